The van der Waals surface area contributed by atoms with Crippen LogP contribution in [0.25, 0.3) is 0 Å². The van der Waals surface area contributed by atoms with Crippen molar-refractivity contribution < 1.29 is 32.2 Å². The number of carbonyl (C=O) groups is 2. The van der Waals surface area contributed by atoms with Crippen molar-refractivity contribution in [3.63, 3.8) is 0 Å². The first-order valence-corrected chi connectivity index (χ1v) is 8.93. The lowest BCUT2D eigenvalue weighted by Gasteiger charge is -2.13. The van der Waals surface area contributed by atoms with Gasteiger partial charge in [-0.05, 0) is 37.1 Å². The number of aromatic nitrogens is 1. The van der Waals surface area contributed by atoms with E-state index in [2.05, 4.69) is 15.0 Å². The van der Waals surface area contributed by atoms with Gasteiger partial charge < -0.3 is 14.8 Å². The second-order valence-corrected chi connectivity index (χ2v) is 6.66. The number of hydrogen-bond donors (Lipinski definition) is 1. The molecule has 0 bridgehead atoms. The maximum atomic E-state index is 12.4. The molecule has 2 aromatic rings. The number of pyridine rings is 1. The number of amides is 1. The topological polar surface area (TPSA) is 77.5 Å². The van der Waals surface area contributed by atoms with E-state index >= 15 is 0 Å². The summed E-state index contributed by atoms with van der Waals surface area (Å²) in [6.45, 7) is 0.0347. The van der Waals surface area contributed by atoms with Crippen LogP contribution in [0.2, 0.25) is 0 Å². The molecule has 1 aliphatic carbocycles. The van der Waals surface area contributed by atoms with Gasteiger partial charge in [0.1, 0.15) is 17.3 Å². The van der Waals surface area contributed by atoms with Crippen molar-refractivity contribution in [2.75, 3.05) is 7.11 Å². The lowest BCUT2D eigenvalue weighted by molar-refractivity contribution is -0.274. The summed E-state index contributed by atoms with van der Waals surface area (Å²) < 4.78 is 45.9. The SMILES string of the molecule is COc1cc(OC(F)(F)F)ccc1CNC(=O)c1ccnc(CC(=O)C2CC2)c1. The van der Waals surface area contributed by atoms with Gasteiger partial charge in [0.05, 0.1) is 7.11 Å². The van der Waals surface area contributed by atoms with Gasteiger partial charge in [0, 0.05) is 48.0 Å². The molecule has 0 saturated heterocycles. The predicted octanol–water partition coefficient (Wildman–Crippen LogP) is 3.44. The zero-order valence-electron chi connectivity index (χ0n) is 15.6. The lowest BCUT2D eigenvalue weighted by atomic mass is 10.1. The Morgan fingerprint density at radius 2 is 1.97 bits per heavy atom. The molecule has 0 radical (unpaired) electrons. The Morgan fingerprint density at radius 3 is 2.62 bits per heavy atom. The monoisotopic (exact) mass is 408 g/mol. The maximum Gasteiger partial charge on any atom is 0.573 e. The number of ketones is 1. The molecule has 1 N–H and O–H groups in total. The molecule has 154 valence electrons. The average Bonchev–Trinajstić information content (AvgIpc) is 3.51. The third-order valence-corrected chi connectivity index (χ3v) is 4.40. The van der Waals surface area contributed by atoms with Crippen LogP contribution in [0.1, 0.15) is 34.5 Å². The number of rotatable bonds is 8. The Labute approximate surface area is 165 Å². The van der Waals surface area contributed by atoms with Crippen LogP contribution in [-0.2, 0) is 17.8 Å². The summed E-state index contributed by atoms with van der Waals surface area (Å²) in [5, 5.41) is 2.68. The maximum absolute atomic E-state index is 12.4. The first-order chi connectivity index (χ1) is 13.7. The third kappa shape index (κ3) is 5.94. The van der Waals surface area contributed by atoms with Gasteiger partial charge >= 0.3 is 6.36 Å². The second-order valence-electron chi connectivity index (χ2n) is 6.66. The first-order valence-electron chi connectivity index (χ1n) is 8.93. The molecule has 1 fully saturated rings. The van der Waals surface area contributed by atoms with E-state index in [0.29, 0.717) is 16.8 Å². The van der Waals surface area contributed by atoms with Crippen molar-refractivity contribution in [1.29, 1.82) is 0 Å². The molecular formula is C20H19F3N2O4. The van der Waals surface area contributed by atoms with Crippen LogP contribution >= 0.6 is 0 Å². The number of carbonyl (C=O) groups excluding carboxylic acids is 2. The molecule has 1 saturated carbocycles. The summed E-state index contributed by atoms with van der Waals surface area (Å²) in [5.41, 5.74) is 1.35. The van der Waals surface area contributed by atoms with Crippen molar-refractivity contribution in [2.24, 2.45) is 5.92 Å². The molecule has 3 rings (SSSR count). The summed E-state index contributed by atoms with van der Waals surface area (Å²) in [7, 11) is 1.31. The minimum absolute atomic E-state index is 0.0347. The van der Waals surface area contributed by atoms with Gasteiger partial charge in [-0.15, -0.1) is 13.2 Å². The zero-order valence-corrected chi connectivity index (χ0v) is 15.6. The van der Waals surface area contributed by atoms with E-state index in [4.69, 9.17) is 4.74 Å². The summed E-state index contributed by atoms with van der Waals surface area (Å²) in [6, 6.07) is 6.71. The van der Waals surface area contributed by atoms with Crippen molar-refractivity contribution >= 4 is 11.7 Å². The zero-order chi connectivity index (χ0) is 21.0. The summed E-state index contributed by atoms with van der Waals surface area (Å²) in [6.07, 6.45) is -1.32. The number of methoxy groups -OCH3 is 1. The highest BCUT2D eigenvalue weighted by Crippen LogP contribution is 2.31. The number of benzene rings is 1. The Kier molecular flexibility index (Phi) is 6.05. The Hall–Kier alpha value is -3.10. The van der Waals surface area contributed by atoms with Crippen LogP contribution in [0.3, 0.4) is 0 Å². The number of nitrogens with one attached hydrogen (secondary N) is 1. The smallest absolute Gasteiger partial charge is 0.496 e. The summed E-state index contributed by atoms with van der Waals surface area (Å²) in [4.78, 5) is 28.5. The Morgan fingerprint density at radius 1 is 1.21 bits per heavy atom. The molecule has 0 unspecified atom stereocenters. The van der Waals surface area contributed by atoms with Crippen LogP contribution in [0.5, 0.6) is 11.5 Å². The van der Waals surface area contributed by atoms with E-state index in [1.807, 2.05) is 0 Å². The fourth-order valence-corrected chi connectivity index (χ4v) is 2.79. The number of halogens is 3. The van der Waals surface area contributed by atoms with Gasteiger partial charge in [-0.1, -0.05) is 0 Å². The summed E-state index contributed by atoms with van der Waals surface area (Å²) in [5.74, 6) is -0.418. The normalized spacial score (nSPS) is 13.7. The highest BCUT2D eigenvalue weighted by Gasteiger charge is 2.31. The van der Waals surface area contributed by atoms with Gasteiger partial charge in [0.15, 0.2) is 0 Å². The molecule has 0 atom stereocenters. The second kappa shape index (κ2) is 8.50. The van der Waals surface area contributed by atoms with Crippen molar-refractivity contribution in [3.8, 4) is 11.5 Å². The van der Waals surface area contributed by atoms with Crippen LogP contribution in [-0.4, -0.2) is 30.1 Å². The van der Waals surface area contributed by atoms with E-state index in [9.17, 15) is 22.8 Å². The van der Waals surface area contributed by atoms with E-state index in [1.54, 1.807) is 6.07 Å². The molecule has 1 heterocycles. The largest absolute Gasteiger partial charge is 0.573 e. The minimum Gasteiger partial charge on any atom is -0.496 e. The fourth-order valence-electron chi connectivity index (χ4n) is 2.79. The van der Waals surface area contributed by atoms with Gasteiger partial charge in [-0.3, -0.25) is 14.6 Å². The molecule has 1 aromatic heterocycles. The van der Waals surface area contributed by atoms with Crippen LogP contribution in [0.4, 0.5) is 13.2 Å². The number of hydrogen-bond acceptors (Lipinski definition) is 5. The molecule has 1 aromatic carbocycles. The molecule has 0 aliphatic heterocycles. The highest BCUT2D eigenvalue weighted by molar-refractivity contribution is 5.94. The number of Topliss-reactive ketones (excluding diaryl/α,β-unsaturated/α-hetero) is 1. The highest BCUT2D eigenvalue weighted by atomic mass is 19.4. The number of alkyl halides is 3. The number of nitrogens with zero attached hydrogens (tertiary/aromatic N) is 1. The van der Waals surface area contributed by atoms with Gasteiger partial charge in [-0.2, -0.15) is 0 Å². The van der Waals surface area contributed by atoms with E-state index in [-0.39, 0.29) is 30.4 Å². The van der Waals surface area contributed by atoms with Gasteiger partial charge in [-0.25, -0.2) is 0 Å². The first kappa shape index (κ1) is 20.6. The molecule has 29 heavy (non-hydrogen) atoms. The van der Waals surface area contributed by atoms with E-state index in [0.717, 1.165) is 25.0 Å². The van der Waals surface area contributed by atoms with E-state index < -0.39 is 18.0 Å². The molecule has 1 aliphatic rings. The Balaban J connectivity index is 1.63. The van der Waals surface area contributed by atoms with Crippen molar-refractivity contribution in [2.45, 2.75) is 32.2 Å². The molecule has 6 nitrogen and oxygen atoms in total. The standard InChI is InChI=1S/C20H19F3N2O4/c1-28-18-10-16(29-20(21,22)23)5-4-14(18)11-25-19(27)13-6-7-24-15(8-13)9-17(26)12-2-3-12/h4-8,10,12H,2-3,9,11H2,1H3,(H,25,27). The summed E-state index contributed by atoms with van der Waals surface area (Å²) >= 11 is 0. The van der Waals surface area contributed by atoms with Crippen LogP contribution in [0.15, 0.2) is 36.5 Å². The minimum atomic E-state index is -4.80. The Bertz CT molecular complexity index is 911. The molecular weight excluding hydrogens is 389 g/mol. The van der Waals surface area contributed by atoms with Crippen molar-refractivity contribution in [1.82, 2.24) is 10.3 Å². The van der Waals surface area contributed by atoms with Gasteiger partial charge in [0.25, 0.3) is 5.91 Å². The third-order valence-electron chi connectivity index (χ3n) is 4.40. The number of ether oxygens (including phenoxy) is 2. The fraction of sp³-hybridized carbons (Fsp3) is 0.350. The molecule has 1 amide bonds. The van der Waals surface area contributed by atoms with Crippen molar-refractivity contribution in [3.05, 3.63) is 53.3 Å². The van der Waals surface area contributed by atoms with Crippen LogP contribution in [0, 0.1) is 5.92 Å². The van der Waals surface area contributed by atoms with Gasteiger partial charge in [0.2, 0.25) is 0 Å². The van der Waals surface area contributed by atoms with E-state index in [1.165, 1.54) is 25.4 Å². The molecule has 0 spiro atoms. The quantitative estimate of drug-likeness (QED) is 0.724. The molecule has 9 heteroatoms. The predicted molar refractivity (Wildman–Crippen MR) is 96.5 cm³/mol. The van der Waals surface area contributed by atoms with Crippen LogP contribution < -0.4 is 14.8 Å². The average molecular weight is 408 g/mol. The lowest BCUT2D eigenvalue weighted by Crippen LogP contribution is -2.23.